The molecule has 21 heavy (non-hydrogen) atoms. The number of carbonyl (C=O) groups is 1. The van der Waals surface area contributed by atoms with Crippen LogP contribution in [-0.2, 0) is 13.1 Å². The molecule has 0 heterocycles. The van der Waals surface area contributed by atoms with E-state index in [9.17, 15) is 18.0 Å². The third-order valence-electron chi connectivity index (χ3n) is 2.96. The molecular weight excluding hydrogens is 281 g/mol. The van der Waals surface area contributed by atoms with Gasteiger partial charge in [-0.15, -0.1) is 0 Å². The van der Waals surface area contributed by atoms with Crippen molar-refractivity contribution in [3.63, 3.8) is 0 Å². The van der Waals surface area contributed by atoms with Crippen molar-refractivity contribution in [3.05, 3.63) is 70.5 Å². The molecule has 2 rings (SSSR count). The maximum absolute atomic E-state index is 13.5. The minimum atomic E-state index is -1.66. The molecule has 110 valence electrons. The summed E-state index contributed by atoms with van der Waals surface area (Å²) in [5, 5.41) is 2.45. The molecule has 0 aliphatic heterocycles. The second-order valence-electron chi connectivity index (χ2n) is 4.43. The molecule has 0 bridgehead atoms. The first-order valence-electron chi connectivity index (χ1n) is 6.22. The second kappa shape index (κ2) is 6.41. The van der Waals surface area contributed by atoms with Crippen LogP contribution in [0.5, 0.6) is 0 Å². The fraction of sp³-hybridized carbons (Fsp3) is 0.133. The largest absolute Gasteiger partial charge is 0.348 e. The van der Waals surface area contributed by atoms with Gasteiger partial charge in [-0.3, -0.25) is 4.79 Å². The lowest BCUT2D eigenvalue weighted by atomic mass is 10.1. The van der Waals surface area contributed by atoms with Gasteiger partial charge in [0.05, 0.1) is 5.56 Å². The zero-order chi connectivity index (χ0) is 15.4. The average molecular weight is 294 g/mol. The first-order chi connectivity index (χ1) is 10.0. The minimum Gasteiger partial charge on any atom is -0.348 e. The fourth-order valence-electron chi connectivity index (χ4n) is 1.85. The monoisotopic (exact) mass is 294 g/mol. The van der Waals surface area contributed by atoms with Crippen molar-refractivity contribution in [3.8, 4) is 0 Å². The van der Waals surface area contributed by atoms with Crippen molar-refractivity contribution in [2.45, 2.75) is 13.1 Å². The summed E-state index contributed by atoms with van der Waals surface area (Å²) in [6.45, 7) is 0.491. The molecule has 3 N–H and O–H groups in total. The van der Waals surface area contributed by atoms with Gasteiger partial charge in [-0.25, -0.2) is 13.2 Å². The smallest absolute Gasteiger partial charge is 0.254 e. The number of nitrogens with one attached hydrogen (secondary N) is 1. The first kappa shape index (κ1) is 15.1. The van der Waals surface area contributed by atoms with Gasteiger partial charge in [0.1, 0.15) is 0 Å². The van der Waals surface area contributed by atoms with Crippen LogP contribution in [0.2, 0.25) is 0 Å². The second-order valence-corrected chi connectivity index (χ2v) is 4.43. The molecule has 2 aromatic carbocycles. The van der Waals surface area contributed by atoms with E-state index in [1.165, 1.54) is 0 Å². The molecule has 1 amide bonds. The summed E-state index contributed by atoms with van der Waals surface area (Å²) in [4.78, 5) is 11.8. The molecule has 2 aromatic rings. The summed E-state index contributed by atoms with van der Waals surface area (Å²) in [6.07, 6.45) is 0. The summed E-state index contributed by atoms with van der Waals surface area (Å²) >= 11 is 0. The Morgan fingerprint density at radius 1 is 1.05 bits per heavy atom. The molecule has 6 heteroatoms. The van der Waals surface area contributed by atoms with Crippen molar-refractivity contribution < 1.29 is 18.0 Å². The van der Waals surface area contributed by atoms with Gasteiger partial charge in [-0.05, 0) is 23.3 Å². The van der Waals surface area contributed by atoms with Gasteiger partial charge >= 0.3 is 0 Å². The van der Waals surface area contributed by atoms with Gasteiger partial charge in [-0.2, -0.15) is 0 Å². The fourth-order valence-corrected chi connectivity index (χ4v) is 1.85. The summed E-state index contributed by atoms with van der Waals surface area (Å²) in [7, 11) is 0. The van der Waals surface area contributed by atoms with Crippen LogP contribution in [0.3, 0.4) is 0 Å². The lowest BCUT2D eigenvalue weighted by molar-refractivity contribution is 0.0945. The third-order valence-corrected chi connectivity index (χ3v) is 2.96. The number of hydrogen-bond donors (Lipinski definition) is 2. The van der Waals surface area contributed by atoms with Crippen LogP contribution in [-0.4, -0.2) is 5.91 Å². The Labute approximate surface area is 119 Å². The number of halogens is 3. The van der Waals surface area contributed by atoms with E-state index in [2.05, 4.69) is 5.32 Å². The molecule has 0 fully saturated rings. The van der Waals surface area contributed by atoms with Crippen molar-refractivity contribution in [1.82, 2.24) is 5.32 Å². The van der Waals surface area contributed by atoms with E-state index in [1.54, 1.807) is 18.2 Å². The summed E-state index contributed by atoms with van der Waals surface area (Å²) in [5.41, 5.74) is 6.63. The Bertz CT molecular complexity index is 674. The van der Waals surface area contributed by atoms with E-state index in [0.717, 1.165) is 17.2 Å². The van der Waals surface area contributed by atoms with Crippen LogP contribution >= 0.6 is 0 Å². The maximum atomic E-state index is 13.5. The van der Waals surface area contributed by atoms with Gasteiger partial charge in [0, 0.05) is 13.1 Å². The average Bonchev–Trinajstić information content (AvgIpc) is 2.50. The molecule has 0 saturated carbocycles. The molecular formula is C15H13F3N2O. The number of hydrogen-bond acceptors (Lipinski definition) is 2. The standard InChI is InChI=1S/C15H13F3N2O/c16-12-5-4-11(13(17)14(12)18)15(21)20-8-10-3-1-2-9(6-10)7-19/h1-6H,7-8,19H2,(H,20,21). The highest BCUT2D eigenvalue weighted by Gasteiger charge is 2.18. The van der Waals surface area contributed by atoms with E-state index in [4.69, 9.17) is 5.73 Å². The summed E-state index contributed by atoms with van der Waals surface area (Å²) < 4.78 is 39.3. The van der Waals surface area contributed by atoms with Gasteiger partial charge in [0.15, 0.2) is 17.5 Å². The Hall–Kier alpha value is -2.34. The predicted molar refractivity (Wildman–Crippen MR) is 71.8 cm³/mol. The lowest BCUT2D eigenvalue weighted by Gasteiger charge is -2.08. The Morgan fingerprint density at radius 3 is 2.48 bits per heavy atom. The van der Waals surface area contributed by atoms with Crippen molar-refractivity contribution in [1.29, 1.82) is 0 Å². The van der Waals surface area contributed by atoms with E-state index in [1.807, 2.05) is 6.07 Å². The molecule has 0 atom stereocenters. The van der Waals surface area contributed by atoms with Gasteiger partial charge in [0.2, 0.25) is 0 Å². The molecule has 3 nitrogen and oxygen atoms in total. The highest BCUT2D eigenvalue weighted by atomic mass is 19.2. The Morgan fingerprint density at radius 2 is 1.76 bits per heavy atom. The van der Waals surface area contributed by atoms with E-state index in [-0.39, 0.29) is 6.54 Å². The number of amides is 1. The molecule has 0 saturated heterocycles. The van der Waals surface area contributed by atoms with Gasteiger partial charge in [-0.1, -0.05) is 24.3 Å². The van der Waals surface area contributed by atoms with Crippen LogP contribution in [0.25, 0.3) is 0 Å². The van der Waals surface area contributed by atoms with Gasteiger partial charge in [0.25, 0.3) is 5.91 Å². The lowest BCUT2D eigenvalue weighted by Crippen LogP contribution is -2.24. The summed E-state index contributed by atoms with van der Waals surface area (Å²) in [6, 6.07) is 8.78. The molecule has 0 unspecified atom stereocenters. The molecule has 0 spiro atoms. The predicted octanol–water partition coefficient (Wildman–Crippen LogP) is 2.49. The van der Waals surface area contributed by atoms with Crippen LogP contribution in [0, 0.1) is 17.5 Å². The molecule has 0 aromatic heterocycles. The zero-order valence-electron chi connectivity index (χ0n) is 11.0. The number of carbonyl (C=O) groups excluding carboxylic acids is 1. The van der Waals surface area contributed by atoms with E-state index >= 15 is 0 Å². The van der Waals surface area contributed by atoms with Crippen LogP contribution in [0.15, 0.2) is 36.4 Å². The molecule has 0 radical (unpaired) electrons. The van der Waals surface area contributed by atoms with Crippen molar-refractivity contribution >= 4 is 5.91 Å². The number of benzene rings is 2. The van der Waals surface area contributed by atoms with E-state index in [0.29, 0.717) is 12.6 Å². The highest BCUT2D eigenvalue weighted by molar-refractivity contribution is 5.94. The number of rotatable bonds is 4. The minimum absolute atomic E-state index is 0.130. The van der Waals surface area contributed by atoms with Crippen molar-refractivity contribution in [2.24, 2.45) is 5.73 Å². The third kappa shape index (κ3) is 3.41. The molecule has 0 aliphatic carbocycles. The van der Waals surface area contributed by atoms with Gasteiger partial charge < -0.3 is 11.1 Å². The van der Waals surface area contributed by atoms with Crippen LogP contribution < -0.4 is 11.1 Å². The van der Waals surface area contributed by atoms with E-state index < -0.39 is 28.9 Å². The van der Waals surface area contributed by atoms with Crippen molar-refractivity contribution in [2.75, 3.05) is 0 Å². The zero-order valence-corrected chi connectivity index (χ0v) is 11.0. The SMILES string of the molecule is NCc1cccc(CNC(=O)c2ccc(F)c(F)c2F)c1. The summed E-state index contributed by atoms with van der Waals surface area (Å²) in [5.74, 6) is -5.31. The quantitative estimate of drug-likeness (QED) is 0.851. The molecule has 0 aliphatic rings. The highest BCUT2D eigenvalue weighted by Crippen LogP contribution is 2.15. The topological polar surface area (TPSA) is 55.1 Å². The maximum Gasteiger partial charge on any atom is 0.254 e. The first-order valence-corrected chi connectivity index (χ1v) is 6.22. The number of nitrogens with two attached hydrogens (primary N) is 1. The Balaban J connectivity index is 2.10. The Kier molecular flexibility index (Phi) is 4.59. The normalized spacial score (nSPS) is 10.5. The van der Waals surface area contributed by atoms with Crippen LogP contribution in [0.1, 0.15) is 21.5 Å². The van der Waals surface area contributed by atoms with Crippen LogP contribution in [0.4, 0.5) is 13.2 Å².